The minimum Gasteiger partial charge on any atom is -0.497 e. The maximum Gasteiger partial charge on any atom is 0.246 e. The van der Waals surface area contributed by atoms with Gasteiger partial charge in [0.05, 0.1) is 13.2 Å². The zero-order valence-corrected chi connectivity index (χ0v) is 16.7. The van der Waals surface area contributed by atoms with E-state index in [0.29, 0.717) is 19.4 Å². The van der Waals surface area contributed by atoms with Crippen LogP contribution >= 0.6 is 0 Å². The molecule has 0 saturated carbocycles. The Kier molecular flexibility index (Phi) is 5.59. The molecule has 0 spiro atoms. The van der Waals surface area contributed by atoms with Crippen molar-refractivity contribution in [2.24, 2.45) is 5.11 Å². The predicted octanol–water partition coefficient (Wildman–Crippen LogP) is 3.28. The summed E-state index contributed by atoms with van der Waals surface area (Å²) in [7, 11) is 1.59. The first-order valence-corrected chi connectivity index (χ1v) is 9.94. The molecule has 8 nitrogen and oxygen atoms in total. The van der Waals surface area contributed by atoms with E-state index in [1.807, 2.05) is 54.6 Å². The summed E-state index contributed by atoms with van der Waals surface area (Å²) < 4.78 is 5.19. The molecule has 8 heteroatoms. The number of nitrogens with zero attached hydrogens (tertiary/aromatic N) is 5. The van der Waals surface area contributed by atoms with E-state index in [4.69, 9.17) is 10.3 Å². The number of azide groups is 1. The van der Waals surface area contributed by atoms with Crippen LogP contribution in [0.1, 0.15) is 24.0 Å². The van der Waals surface area contributed by atoms with E-state index in [1.54, 1.807) is 16.9 Å². The summed E-state index contributed by atoms with van der Waals surface area (Å²) in [6, 6.07) is 15.1. The van der Waals surface area contributed by atoms with E-state index >= 15 is 0 Å². The van der Waals surface area contributed by atoms with Crippen molar-refractivity contribution in [3.8, 4) is 5.75 Å². The smallest absolute Gasteiger partial charge is 0.246 e. The van der Waals surface area contributed by atoms with Crippen LogP contribution in [0.15, 0.2) is 59.7 Å². The molecule has 3 saturated heterocycles. The number of rotatable bonds is 6. The van der Waals surface area contributed by atoms with Crippen molar-refractivity contribution in [3.05, 3.63) is 76.2 Å². The SMILES string of the molecule is COc1ccc(CN2C(=O)[C@@H]3CC[C@@H](N=[N+]=[N-])[C@H]2C(=O)N3Cc2ccccc2)cc1. The van der Waals surface area contributed by atoms with Crippen molar-refractivity contribution >= 4 is 11.8 Å². The third-order valence-electron chi connectivity index (χ3n) is 5.82. The zero-order valence-electron chi connectivity index (χ0n) is 16.7. The second-order valence-electron chi connectivity index (χ2n) is 7.58. The van der Waals surface area contributed by atoms with Gasteiger partial charge in [-0.2, -0.15) is 0 Å². The molecule has 3 aliphatic rings. The summed E-state index contributed by atoms with van der Waals surface area (Å²) in [6.07, 6.45) is 0.984. The van der Waals surface area contributed by atoms with Crippen LogP contribution in [0.2, 0.25) is 0 Å². The predicted molar refractivity (Wildman–Crippen MR) is 110 cm³/mol. The van der Waals surface area contributed by atoms with Crippen LogP contribution in [-0.4, -0.2) is 46.8 Å². The fourth-order valence-electron chi connectivity index (χ4n) is 4.32. The summed E-state index contributed by atoms with van der Waals surface area (Å²) in [4.78, 5) is 33.1. The molecule has 5 rings (SSSR count). The van der Waals surface area contributed by atoms with Crippen molar-refractivity contribution in [3.63, 3.8) is 0 Å². The van der Waals surface area contributed by atoms with Gasteiger partial charge in [0.15, 0.2) is 0 Å². The van der Waals surface area contributed by atoms with Crippen LogP contribution in [-0.2, 0) is 22.7 Å². The Morgan fingerprint density at radius 3 is 2.30 bits per heavy atom. The molecular weight excluding hydrogens is 382 g/mol. The number of methoxy groups -OCH3 is 1. The maximum absolute atomic E-state index is 13.5. The van der Waals surface area contributed by atoms with Gasteiger partial charge in [-0.15, -0.1) is 0 Å². The summed E-state index contributed by atoms with van der Waals surface area (Å²) in [5.74, 6) is 0.466. The van der Waals surface area contributed by atoms with Gasteiger partial charge in [-0.3, -0.25) is 9.59 Å². The largest absolute Gasteiger partial charge is 0.497 e. The quantitative estimate of drug-likeness (QED) is 0.419. The van der Waals surface area contributed by atoms with Gasteiger partial charge >= 0.3 is 0 Å². The highest BCUT2D eigenvalue weighted by molar-refractivity contribution is 5.98. The second-order valence-corrected chi connectivity index (χ2v) is 7.58. The average molecular weight is 405 g/mol. The zero-order chi connectivity index (χ0) is 21.1. The molecule has 3 atom stereocenters. The number of ether oxygens (including phenoxy) is 1. The van der Waals surface area contributed by atoms with E-state index in [0.717, 1.165) is 16.9 Å². The van der Waals surface area contributed by atoms with Crippen molar-refractivity contribution in [2.75, 3.05) is 7.11 Å². The van der Waals surface area contributed by atoms with E-state index in [9.17, 15) is 9.59 Å². The van der Waals surface area contributed by atoms with Crippen molar-refractivity contribution in [1.29, 1.82) is 0 Å². The van der Waals surface area contributed by atoms with E-state index in [-0.39, 0.29) is 18.4 Å². The molecule has 3 heterocycles. The number of hydrogen-bond acceptors (Lipinski definition) is 4. The molecule has 0 radical (unpaired) electrons. The number of fused-ring (bicyclic) bond motifs is 4. The number of benzene rings is 2. The molecular formula is C22H23N5O3. The highest BCUT2D eigenvalue weighted by Gasteiger charge is 2.51. The van der Waals surface area contributed by atoms with Crippen LogP contribution in [0.25, 0.3) is 10.4 Å². The first kappa shape index (κ1) is 19.8. The lowest BCUT2D eigenvalue weighted by Crippen LogP contribution is -2.64. The van der Waals surface area contributed by atoms with Gasteiger partial charge in [0.1, 0.15) is 17.8 Å². The minimum absolute atomic E-state index is 0.0954. The van der Waals surface area contributed by atoms with E-state index < -0.39 is 18.1 Å². The van der Waals surface area contributed by atoms with Gasteiger partial charge in [-0.05, 0) is 41.6 Å². The average Bonchev–Trinajstić information content (AvgIpc) is 2.98. The lowest BCUT2D eigenvalue weighted by Gasteiger charge is -2.43. The van der Waals surface area contributed by atoms with Crippen LogP contribution in [0, 0.1) is 0 Å². The third-order valence-corrected chi connectivity index (χ3v) is 5.82. The maximum atomic E-state index is 13.5. The monoisotopic (exact) mass is 405 g/mol. The van der Waals surface area contributed by atoms with Crippen LogP contribution < -0.4 is 4.74 Å². The fourth-order valence-corrected chi connectivity index (χ4v) is 4.32. The molecule has 2 bridgehead atoms. The fraction of sp³-hybridized carbons (Fsp3) is 0.364. The number of piperazine rings is 1. The standard InChI is InChI=1S/C22H23N5O3/c1-30-17-9-7-16(8-10-17)14-27-20-18(24-25-23)11-12-19(21(27)28)26(22(20)29)13-15-5-3-2-4-6-15/h2-10,18-20H,11-14H2,1H3/t18-,19+,20+/m1/s1. The Morgan fingerprint density at radius 1 is 0.967 bits per heavy atom. The van der Waals surface area contributed by atoms with Crippen LogP contribution in [0.4, 0.5) is 0 Å². The molecule has 3 fully saturated rings. The molecule has 3 aliphatic heterocycles. The summed E-state index contributed by atoms with van der Waals surface area (Å²) in [6.45, 7) is 0.651. The first-order chi connectivity index (χ1) is 14.6. The molecule has 0 unspecified atom stereocenters. The lowest BCUT2D eigenvalue weighted by atomic mass is 10.0. The van der Waals surface area contributed by atoms with Crippen molar-refractivity contribution in [2.45, 2.75) is 44.1 Å². The van der Waals surface area contributed by atoms with Crippen molar-refractivity contribution in [1.82, 2.24) is 9.80 Å². The molecule has 2 amide bonds. The highest BCUT2D eigenvalue weighted by Crippen LogP contribution is 2.34. The normalized spacial score (nSPS) is 23.2. The van der Waals surface area contributed by atoms with E-state index in [2.05, 4.69) is 10.0 Å². The van der Waals surface area contributed by atoms with Gasteiger partial charge in [0.25, 0.3) is 0 Å². The molecule has 2 aromatic rings. The minimum atomic E-state index is -0.794. The number of carbonyl (C=O) groups is 2. The Labute approximate surface area is 174 Å². The van der Waals surface area contributed by atoms with Gasteiger partial charge in [0.2, 0.25) is 11.8 Å². The highest BCUT2D eigenvalue weighted by atomic mass is 16.5. The number of carbonyl (C=O) groups excluding carboxylic acids is 2. The summed E-state index contributed by atoms with van der Waals surface area (Å²) in [5.41, 5.74) is 10.9. The molecule has 154 valence electrons. The molecule has 30 heavy (non-hydrogen) atoms. The topological polar surface area (TPSA) is 98.6 Å². The Morgan fingerprint density at radius 2 is 1.63 bits per heavy atom. The third kappa shape index (κ3) is 3.69. The van der Waals surface area contributed by atoms with Gasteiger partial charge in [-0.25, -0.2) is 0 Å². The number of amides is 2. The lowest BCUT2D eigenvalue weighted by molar-refractivity contribution is -0.162. The Bertz CT molecular complexity index is 972. The van der Waals surface area contributed by atoms with Gasteiger partial charge in [-0.1, -0.05) is 47.6 Å². The molecule has 0 aromatic heterocycles. The van der Waals surface area contributed by atoms with Gasteiger partial charge in [0, 0.05) is 18.0 Å². The van der Waals surface area contributed by atoms with Crippen molar-refractivity contribution < 1.29 is 14.3 Å². The second kappa shape index (κ2) is 8.47. The molecule has 0 N–H and O–H groups in total. The van der Waals surface area contributed by atoms with E-state index in [1.165, 1.54) is 0 Å². The molecule has 2 aromatic carbocycles. The summed E-state index contributed by atoms with van der Waals surface area (Å²) >= 11 is 0. The Balaban J connectivity index is 1.66. The first-order valence-electron chi connectivity index (χ1n) is 9.94. The van der Waals surface area contributed by atoms with Crippen LogP contribution in [0.3, 0.4) is 0 Å². The molecule has 0 aliphatic carbocycles. The summed E-state index contributed by atoms with van der Waals surface area (Å²) in [5, 5.41) is 3.89. The number of hydrogen-bond donors (Lipinski definition) is 0. The van der Waals surface area contributed by atoms with Gasteiger partial charge < -0.3 is 14.5 Å². The Hall–Kier alpha value is -3.51. The van der Waals surface area contributed by atoms with Crippen LogP contribution in [0.5, 0.6) is 5.75 Å².